The van der Waals surface area contributed by atoms with Gasteiger partial charge in [0.1, 0.15) is 6.04 Å². The largest absolute Gasteiger partial charge is 0.349 e. The van der Waals surface area contributed by atoms with Crippen LogP contribution in [0.4, 0.5) is 5.69 Å². The van der Waals surface area contributed by atoms with E-state index in [0.29, 0.717) is 5.69 Å². The number of nitrogens with zero attached hydrogens (tertiary/aromatic N) is 1. The van der Waals surface area contributed by atoms with E-state index in [1.54, 1.807) is 0 Å². The first kappa shape index (κ1) is 24.5. The average molecular weight is 550 g/mol. The number of halogens is 1. The van der Waals surface area contributed by atoms with Crippen molar-refractivity contribution in [2.75, 3.05) is 4.90 Å². The topological polar surface area (TPSA) is 49.4 Å². The van der Waals surface area contributed by atoms with Gasteiger partial charge in [-0.3, -0.25) is 14.5 Å². The van der Waals surface area contributed by atoms with E-state index in [2.05, 4.69) is 39.7 Å². The van der Waals surface area contributed by atoms with Crippen LogP contribution < -0.4 is 10.2 Å². The molecule has 0 aliphatic carbocycles. The summed E-state index contributed by atoms with van der Waals surface area (Å²) in [6.07, 6.45) is 0. The van der Waals surface area contributed by atoms with E-state index in [1.165, 1.54) is 4.90 Å². The van der Waals surface area contributed by atoms with Crippen molar-refractivity contribution >= 4 is 40.1 Å². The predicted octanol–water partition coefficient (Wildman–Crippen LogP) is 5.64. The summed E-state index contributed by atoms with van der Waals surface area (Å²) in [5.41, 5.74) is 2.70. The second kappa shape index (κ2) is 10.7. The summed E-state index contributed by atoms with van der Waals surface area (Å²) >= 11 is 2.18. The number of rotatable bonds is 4. The Labute approximate surface area is 209 Å². The fourth-order valence-electron chi connectivity index (χ4n) is 3.32. The minimum Gasteiger partial charge on any atom is -0.349 e. The van der Waals surface area contributed by atoms with Gasteiger partial charge in [0, 0.05) is 20.6 Å². The zero-order chi connectivity index (χ0) is 24.0. The number of benzene rings is 3. The predicted molar refractivity (Wildman–Crippen MR) is 142 cm³/mol. The van der Waals surface area contributed by atoms with E-state index < -0.39 is 17.5 Å². The van der Waals surface area contributed by atoms with Gasteiger partial charge in [-0.2, -0.15) is 0 Å². The third-order valence-corrected chi connectivity index (χ3v) is 5.73. The Morgan fingerprint density at radius 3 is 2.12 bits per heavy atom. The van der Waals surface area contributed by atoms with Crippen molar-refractivity contribution in [2.24, 2.45) is 0 Å². The SMILES string of the molecule is Cc1ccc(C(C(=O)NC(C)(C)C)N(C(=O)C#Cc2ccccc2)c2ccccc2I)cc1. The molecule has 0 spiro atoms. The molecule has 2 amide bonds. The monoisotopic (exact) mass is 550 g/mol. The summed E-state index contributed by atoms with van der Waals surface area (Å²) in [6.45, 7) is 7.75. The second-order valence-electron chi connectivity index (χ2n) is 8.80. The third-order valence-electron chi connectivity index (χ3n) is 4.82. The molecule has 4 nitrogen and oxygen atoms in total. The van der Waals surface area contributed by atoms with Gasteiger partial charge >= 0.3 is 5.91 Å². The summed E-state index contributed by atoms with van der Waals surface area (Å²) in [7, 11) is 0. The van der Waals surface area contributed by atoms with Crippen LogP contribution in [0.1, 0.15) is 43.5 Å². The quantitative estimate of drug-likeness (QED) is 0.338. The Hall–Kier alpha value is -3.11. The number of aryl methyl sites for hydroxylation is 1. The fourth-order valence-corrected chi connectivity index (χ4v) is 3.97. The Balaban J connectivity index is 2.16. The smallest absolute Gasteiger partial charge is 0.304 e. The van der Waals surface area contributed by atoms with E-state index in [-0.39, 0.29) is 5.91 Å². The number of hydrogen-bond acceptors (Lipinski definition) is 2. The molecule has 1 unspecified atom stereocenters. The van der Waals surface area contributed by atoms with Crippen LogP contribution in [0.3, 0.4) is 0 Å². The third kappa shape index (κ3) is 6.69. The van der Waals surface area contributed by atoms with Gasteiger partial charge in [0.05, 0.1) is 5.69 Å². The number of carbonyl (C=O) groups is 2. The first-order chi connectivity index (χ1) is 15.7. The summed E-state index contributed by atoms with van der Waals surface area (Å²) in [5.74, 6) is 4.99. The number of para-hydroxylation sites is 1. The molecule has 168 valence electrons. The van der Waals surface area contributed by atoms with Gasteiger partial charge in [0.15, 0.2) is 0 Å². The van der Waals surface area contributed by atoms with Gasteiger partial charge in [-0.25, -0.2) is 0 Å². The summed E-state index contributed by atoms with van der Waals surface area (Å²) in [5, 5.41) is 3.05. The summed E-state index contributed by atoms with van der Waals surface area (Å²) < 4.78 is 0.852. The molecular formula is C28H27IN2O2. The van der Waals surface area contributed by atoms with Crippen LogP contribution in [0, 0.1) is 22.3 Å². The number of carbonyl (C=O) groups excluding carboxylic acids is 2. The lowest BCUT2D eigenvalue weighted by Crippen LogP contribution is -2.49. The van der Waals surface area contributed by atoms with E-state index in [0.717, 1.165) is 20.3 Å². The van der Waals surface area contributed by atoms with Crippen molar-refractivity contribution in [2.45, 2.75) is 39.3 Å². The maximum Gasteiger partial charge on any atom is 0.304 e. The van der Waals surface area contributed by atoms with Crippen LogP contribution in [0.2, 0.25) is 0 Å². The Morgan fingerprint density at radius 1 is 0.909 bits per heavy atom. The first-order valence-corrected chi connectivity index (χ1v) is 11.8. The van der Waals surface area contributed by atoms with Crippen molar-refractivity contribution in [3.63, 3.8) is 0 Å². The van der Waals surface area contributed by atoms with Crippen LogP contribution in [0.5, 0.6) is 0 Å². The maximum atomic E-state index is 13.6. The van der Waals surface area contributed by atoms with Gasteiger partial charge < -0.3 is 5.32 Å². The molecule has 5 heteroatoms. The summed E-state index contributed by atoms with van der Waals surface area (Å²) in [6, 6.07) is 23.7. The first-order valence-electron chi connectivity index (χ1n) is 10.7. The number of amides is 2. The van der Waals surface area contributed by atoms with Crippen molar-refractivity contribution < 1.29 is 9.59 Å². The minimum atomic E-state index is -0.877. The van der Waals surface area contributed by atoms with Gasteiger partial charge in [0.25, 0.3) is 0 Å². The van der Waals surface area contributed by atoms with Crippen LogP contribution in [0.15, 0.2) is 78.9 Å². The van der Waals surface area contributed by atoms with E-state index >= 15 is 0 Å². The molecular weight excluding hydrogens is 523 g/mol. The van der Waals surface area contributed by atoms with E-state index in [9.17, 15) is 9.59 Å². The number of anilines is 1. The maximum absolute atomic E-state index is 13.6. The van der Waals surface area contributed by atoms with Crippen molar-refractivity contribution in [3.8, 4) is 11.8 Å². The summed E-state index contributed by atoms with van der Waals surface area (Å²) in [4.78, 5) is 28.7. The lowest BCUT2D eigenvalue weighted by molar-refractivity contribution is -0.126. The fraction of sp³-hybridized carbons (Fsp3) is 0.214. The normalized spacial score (nSPS) is 11.7. The molecule has 0 saturated carbocycles. The average Bonchev–Trinajstić information content (AvgIpc) is 2.77. The van der Waals surface area contributed by atoms with Gasteiger partial charge in [-0.05, 0) is 80.1 Å². The molecule has 3 aromatic carbocycles. The molecule has 0 aromatic heterocycles. The molecule has 0 fully saturated rings. The van der Waals surface area contributed by atoms with Gasteiger partial charge in [-0.1, -0.05) is 66.1 Å². The lowest BCUT2D eigenvalue weighted by Gasteiger charge is -2.33. The Kier molecular flexibility index (Phi) is 7.93. The number of hydrogen-bond donors (Lipinski definition) is 1. The Bertz CT molecular complexity index is 1190. The standard InChI is InChI=1S/C28H27IN2O2/c1-20-14-17-22(18-15-20)26(27(33)30-28(2,3)4)31(24-13-9-8-12-23(24)29)25(32)19-16-21-10-6-5-7-11-21/h5-15,17-18,26H,1-4H3,(H,30,33). The van der Waals surface area contributed by atoms with E-state index in [1.807, 2.05) is 107 Å². The molecule has 0 aliphatic heterocycles. The zero-order valence-electron chi connectivity index (χ0n) is 19.2. The highest BCUT2D eigenvalue weighted by Gasteiger charge is 2.34. The van der Waals surface area contributed by atoms with Crippen molar-refractivity contribution in [3.05, 3.63) is 99.1 Å². The van der Waals surface area contributed by atoms with Gasteiger partial charge in [0.2, 0.25) is 5.91 Å². The molecule has 33 heavy (non-hydrogen) atoms. The molecule has 3 aromatic rings. The molecule has 0 radical (unpaired) electrons. The van der Waals surface area contributed by atoms with E-state index in [4.69, 9.17) is 0 Å². The van der Waals surface area contributed by atoms with Gasteiger partial charge in [-0.15, -0.1) is 0 Å². The zero-order valence-corrected chi connectivity index (χ0v) is 21.4. The molecule has 1 atom stereocenters. The molecule has 0 aliphatic rings. The molecule has 0 bridgehead atoms. The van der Waals surface area contributed by atoms with Crippen LogP contribution in [0.25, 0.3) is 0 Å². The highest BCUT2D eigenvalue weighted by atomic mass is 127. The highest BCUT2D eigenvalue weighted by Crippen LogP contribution is 2.32. The van der Waals surface area contributed by atoms with Crippen LogP contribution in [-0.4, -0.2) is 17.4 Å². The molecule has 0 saturated heterocycles. The lowest BCUT2D eigenvalue weighted by atomic mass is 9.99. The molecule has 0 heterocycles. The number of nitrogens with one attached hydrogen (secondary N) is 1. The minimum absolute atomic E-state index is 0.263. The molecule has 3 rings (SSSR count). The molecule has 1 N–H and O–H groups in total. The van der Waals surface area contributed by atoms with Crippen molar-refractivity contribution in [1.29, 1.82) is 0 Å². The van der Waals surface area contributed by atoms with Crippen LogP contribution in [-0.2, 0) is 9.59 Å². The highest BCUT2D eigenvalue weighted by molar-refractivity contribution is 14.1. The van der Waals surface area contributed by atoms with Crippen molar-refractivity contribution in [1.82, 2.24) is 5.32 Å². The second-order valence-corrected chi connectivity index (χ2v) is 9.96. The van der Waals surface area contributed by atoms with Crippen LogP contribution >= 0.6 is 22.6 Å². The Morgan fingerprint density at radius 2 is 1.52 bits per heavy atom.